The Hall–Kier alpha value is -2.40. The van der Waals surface area contributed by atoms with Crippen LogP contribution in [0.4, 0.5) is 5.82 Å². The molecule has 0 spiro atoms. The summed E-state index contributed by atoms with van der Waals surface area (Å²) in [5, 5.41) is 11.1. The third-order valence-corrected chi connectivity index (χ3v) is 5.09. The predicted molar refractivity (Wildman–Crippen MR) is 103 cm³/mol. The number of aliphatic hydroxyl groups is 1. The number of aryl methyl sites for hydroxylation is 1. The number of hydrogen-bond acceptors (Lipinski definition) is 4. The molecule has 1 N–H and O–H groups in total. The van der Waals surface area contributed by atoms with E-state index in [1.54, 1.807) is 18.1 Å². The van der Waals surface area contributed by atoms with Crippen LogP contribution in [0.3, 0.4) is 0 Å². The number of nitrogens with zero attached hydrogens (tertiary/aromatic N) is 3. The lowest BCUT2D eigenvalue weighted by Crippen LogP contribution is -2.55. The smallest absolute Gasteiger partial charge is 0.226 e. The molecule has 0 radical (unpaired) electrons. The summed E-state index contributed by atoms with van der Waals surface area (Å²) >= 11 is 0. The molecule has 1 aliphatic heterocycles. The van der Waals surface area contributed by atoms with Gasteiger partial charge in [-0.3, -0.25) is 4.79 Å². The first kappa shape index (κ1) is 18.4. The zero-order valence-corrected chi connectivity index (χ0v) is 15.6. The lowest BCUT2D eigenvalue weighted by atomic mass is 9.92. The lowest BCUT2D eigenvalue weighted by Gasteiger charge is -2.41. The van der Waals surface area contributed by atoms with E-state index >= 15 is 0 Å². The zero-order chi connectivity index (χ0) is 18.6. The normalized spacial score (nSPS) is 20.0. The minimum atomic E-state index is -0.911. The maximum absolute atomic E-state index is 12.6. The molecule has 3 rings (SSSR count). The Balaban J connectivity index is 1.63. The second-order valence-electron chi connectivity index (χ2n) is 7.29. The van der Waals surface area contributed by atoms with Gasteiger partial charge in [-0.05, 0) is 43.0 Å². The molecule has 26 heavy (non-hydrogen) atoms. The number of hydrogen-bond donors (Lipinski definition) is 1. The summed E-state index contributed by atoms with van der Waals surface area (Å²) in [5.74, 6) is 0.905. The number of carbonyl (C=O) groups excluding carboxylic acids is 1. The first-order valence-corrected chi connectivity index (χ1v) is 9.14. The molecule has 0 unspecified atom stereocenters. The summed E-state index contributed by atoms with van der Waals surface area (Å²) in [6, 6.07) is 13.7. The van der Waals surface area contributed by atoms with Gasteiger partial charge in [0.25, 0.3) is 0 Å². The fraction of sp³-hybridized carbons (Fsp3) is 0.429. The molecule has 1 aliphatic rings. The van der Waals surface area contributed by atoms with Gasteiger partial charge in [0, 0.05) is 26.3 Å². The molecule has 2 heterocycles. The first-order valence-electron chi connectivity index (χ1n) is 9.14. The number of anilines is 1. The van der Waals surface area contributed by atoms with E-state index in [2.05, 4.69) is 9.88 Å². The Bertz CT molecular complexity index is 750. The largest absolute Gasteiger partial charge is 0.386 e. The molecular weight excluding hydrogens is 326 g/mol. The lowest BCUT2D eigenvalue weighted by molar-refractivity contribution is -0.132. The molecule has 1 aromatic carbocycles. The van der Waals surface area contributed by atoms with Crippen LogP contribution in [0.15, 0.2) is 48.7 Å². The van der Waals surface area contributed by atoms with Crippen molar-refractivity contribution in [3.05, 3.63) is 59.8 Å². The van der Waals surface area contributed by atoms with Crippen molar-refractivity contribution < 1.29 is 9.90 Å². The Kier molecular flexibility index (Phi) is 5.57. The highest BCUT2D eigenvalue weighted by Crippen LogP contribution is 2.25. The van der Waals surface area contributed by atoms with Crippen molar-refractivity contribution in [2.45, 2.75) is 31.8 Å². The highest BCUT2D eigenvalue weighted by atomic mass is 16.3. The van der Waals surface area contributed by atoms with Crippen molar-refractivity contribution in [2.24, 2.45) is 0 Å². The van der Waals surface area contributed by atoms with Crippen LogP contribution in [0.25, 0.3) is 0 Å². The van der Waals surface area contributed by atoms with E-state index in [9.17, 15) is 9.90 Å². The number of benzene rings is 1. The van der Waals surface area contributed by atoms with Gasteiger partial charge < -0.3 is 14.9 Å². The van der Waals surface area contributed by atoms with Crippen molar-refractivity contribution >= 4 is 11.7 Å². The summed E-state index contributed by atoms with van der Waals surface area (Å²) in [6.45, 7) is 3.72. The van der Waals surface area contributed by atoms with Crippen LogP contribution in [-0.4, -0.2) is 53.2 Å². The molecule has 1 atom stereocenters. The van der Waals surface area contributed by atoms with Crippen LogP contribution in [0, 0.1) is 6.92 Å². The predicted octanol–water partition coefficient (Wildman–Crippen LogP) is 2.42. The highest BCUT2D eigenvalue weighted by molar-refractivity contribution is 5.79. The van der Waals surface area contributed by atoms with E-state index in [-0.39, 0.29) is 5.91 Å². The summed E-state index contributed by atoms with van der Waals surface area (Å²) in [4.78, 5) is 20.8. The van der Waals surface area contributed by atoms with Gasteiger partial charge in [-0.15, -0.1) is 0 Å². The number of amides is 1. The molecule has 5 heteroatoms. The minimum absolute atomic E-state index is 0.0303. The summed E-state index contributed by atoms with van der Waals surface area (Å²) in [6.07, 6.45) is 3.70. The van der Waals surface area contributed by atoms with Gasteiger partial charge in [0.05, 0.1) is 18.6 Å². The van der Waals surface area contributed by atoms with Crippen LogP contribution >= 0.6 is 0 Å². The van der Waals surface area contributed by atoms with Gasteiger partial charge in [-0.1, -0.05) is 30.3 Å². The average Bonchev–Trinajstić information content (AvgIpc) is 2.64. The number of likely N-dealkylation sites (N-methyl/N-ethyl adjacent to an activating group) is 1. The minimum Gasteiger partial charge on any atom is -0.386 e. The van der Waals surface area contributed by atoms with Crippen LogP contribution in [0.1, 0.15) is 24.0 Å². The van der Waals surface area contributed by atoms with E-state index < -0.39 is 5.60 Å². The molecule has 1 fully saturated rings. The first-order chi connectivity index (χ1) is 12.5. The van der Waals surface area contributed by atoms with Crippen LogP contribution in [0.5, 0.6) is 0 Å². The molecule has 1 aromatic heterocycles. The van der Waals surface area contributed by atoms with E-state index in [1.807, 2.05) is 49.4 Å². The molecule has 0 aliphatic carbocycles. The highest BCUT2D eigenvalue weighted by Gasteiger charge is 2.35. The SMILES string of the molecule is Cc1ccccc1CC(=O)N(C)C[C@@]1(O)CCCN(c2ccccn2)C1. The number of piperidine rings is 1. The van der Waals surface area contributed by atoms with Gasteiger partial charge >= 0.3 is 0 Å². The Morgan fingerprint density at radius 3 is 2.77 bits per heavy atom. The second kappa shape index (κ2) is 7.87. The number of aromatic nitrogens is 1. The van der Waals surface area contributed by atoms with Crippen molar-refractivity contribution in [1.29, 1.82) is 0 Å². The van der Waals surface area contributed by atoms with Crippen molar-refractivity contribution in [1.82, 2.24) is 9.88 Å². The molecular formula is C21H27N3O2. The second-order valence-corrected chi connectivity index (χ2v) is 7.29. The molecule has 0 saturated carbocycles. The van der Waals surface area contributed by atoms with E-state index in [1.165, 1.54) is 0 Å². The van der Waals surface area contributed by atoms with Gasteiger partial charge in [-0.2, -0.15) is 0 Å². The van der Waals surface area contributed by atoms with E-state index in [0.29, 0.717) is 25.9 Å². The fourth-order valence-electron chi connectivity index (χ4n) is 3.61. The molecule has 138 valence electrons. The number of carbonyl (C=O) groups is 1. The molecule has 5 nitrogen and oxygen atoms in total. The Morgan fingerprint density at radius 2 is 2.04 bits per heavy atom. The Labute approximate surface area is 155 Å². The fourth-order valence-corrected chi connectivity index (χ4v) is 3.61. The summed E-state index contributed by atoms with van der Waals surface area (Å²) in [5.41, 5.74) is 1.24. The monoisotopic (exact) mass is 353 g/mol. The van der Waals surface area contributed by atoms with Gasteiger partial charge in [-0.25, -0.2) is 4.98 Å². The van der Waals surface area contributed by atoms with Gasteiger partial charge in [0.2, 0.25) is 5.91 Å². The topological polar surface area (TPSA) is 56.7 Å². The number of β-amino-alcohol motifs (C(OH)–C–C–N with tert-alkyl or cyclic N) is 1. The maximum atomic E-state index is 12.6. The van der Waals surface area contributed by atoms with Crippen LogP contribution in [-0.2, 0) is 11.2 Å². The van der Waals surface area contributed by atoms with Gasteiger partial charge in [0.1, 0.15) is 5.82 Å². The summed E-state index contributed by atoms with van der Waals surface area (Å²) in [7, 11) is 1.78. The Morgan fingerprint density at radius 1 is 1.27 bits per heavy atom. The van der Waals surface area contributed by atoms with E-state index in [4.69, 9.17) is 0 Å². The zero-order valence-electron chi connectivity index (χ0n) is 15.6. The quantitative estimate of drug-likeness (QED) is 0.897. The van der Waals surface area contributed by atoms with Crippen molar-refractivity contribution in [2.75, 3.05) is 31.6 Å². The van der Waals surface area contributed by atoms with Crippen molar-refractivity contribution in [3.8, 4) is 0 Å². The molecule has 1 amide bonds. The average molecular weight is 353 g/mol. The standard InChI is InChI=1S/C21H27N3O2/c1-17-8-3-4-9-18(17)14-20(25)23(2)15-21(26)11-7-13-24(16-21)19-10-5-6-12-22-19/h3-6,8-10,12,26H,7,11,13-16H2,1-2H3/t21-/m0/s1. The summed E-state index contributed by atoms with van der Waals surface area (Å²) < 4.78 is 0. The number of pyridine rings is 1. The number of rotatable bonds is 5. The maximum Gasteiger partial charge on any atom is 0.226 e. The molecule has 2 aromatic rings. The third-order valence-electron chi connectivity index (χ3n) is 5.09. The van der Waals surface area contributed by atoms with Crippen molar-refractivity contribution in [3.63, 3.8) is 0 Å². The van der Waals surface area contributed by atoms with Crippen LogP contribution in [0.2, 0.25) is 0 Å². The van der Waals surface area contributed by atoms with E-state index in [0.717, 1.165) is 29.9 Å². The van der Waals surface area contributed by atoms with Gasteiger partial charge in [0.15, 0.2) is 0 Å². The molecule has 1 saturated heterocycles. The molecule has 0 bridgehead atoms. The third kappa shape index (κ3) is 4.41. The van der Waals surface area contributed by atoms with Crippen LogP contribution < -0.4 is 4.90 Å².